The second kappa shape index (κ2) is 7.09. The molecule has 0 bridgehead atoms. The molecule has 1 aromatic heterocycles. The van der Waals surface area contributed by atoms with Crippen molar-refractivity contribution in [2.75, 3.05) is 6.54 Å². The highest BCUT2D eigenvalue weighted by molar-refractivity contribution is 5.95. The van der Waals surface area contributed by atoms with Crippen LogP contribution in [0.1, 0.15) is 34.6 Å². The van der Waals surface area contributed by atoms with Crippen LogP contribution in [-0.2, 0) is 4.79 Å². The first-order chi connectivity index (χ1) is 10.9. The maximum absolute atomic E-state index is 13.1. The Bertz CT molecular complexity index is 720. The number of amides is 1. The number of aryl methyl sites for hydroxylation is 1. The molecule has 2 aromatic rings. The van der Waals surface area contributed by atoms with Crippen molar-refractivity contribution in [2.24, 2.45) is 0 Å². The van der Waals surface area contributed by atoms with Crippen LogP contribution in [-0.4, -0.2) is 28.1 Å². The molecule has 2 rings (SSSR count). The Kier molecular flexibility index (Phi) is 5.16. The third kappa shape index (κ3) is 3.97. The summed E-state index contributed by atoms with van der Waals surface area (Å²) in [5, 5.41) is 11.3. The van der Waals surface area contributed by atoms with Crippen LogP contribution < -0.4 is 5.32 Å². The van der Waals surface area contributed by atoms with Crippen molar-refractivity contribution < 1.29 is 19.1 Å². The first-order valence-corrected chi connectivity index (χ1v) is 7.35. The third-order valence-electron chi connectivity index (χ3n) is 3.61. The number of aliphatic carboxylic acids is 1. The molecule has 1 aromatic carbocycles. The van der Waals surface area contributed by atoms with Gasteiger partial charge in [0.05, 0.1) is 5.56 Å². The zero-order valence-electron chi connectivity index (χ0n) is 13.1. The van der Waals surface area contributed by atoms with Crippen LogP contribution in [0.15, 0.2) is 30.3 Å². The number of nitrogens with zero attached hydrogens (tertiary/aromatic N) is 1. The van der Waals surface area contributed by atoms with Crippen molar-refractivity contribution in [1.29, 1.82) is 0 Å². The van der Waals surface area contributed by atoms with E-state index < -0.39 is 5.97 Å². The minimum atomic E-state index is -0.881. The van der Waals surface area contributed by atoms with Crippen LogP contribution in [0.5, 0.6) is 0 Å². The number of nitrogens with one attached hydrogen (secondary N) is 1. The van der Waals surface area contributed by atoms with E-state index in [2.05, 4.69) is 5.32 Å². The summed E-state index contributed by atoms with van der Waals surface area (Å²) in [6.07, 6.45) is 0.409. The number of carboxylic acid groups (broad SMARTS) is 1. The largest absolute Gasteiger partial charge is 0.481 e. The Morgan fingerprint density at radius 1 is 1.22 bits per heavy atom. The average Bonchev–Trinajstić information content (AvgIpc) is 2.79. The number of halogens is 1. The quantitative estimate of drug-likeness (QED) is 0.805. The topological polar surface area (TPSA) is 71.3 Å². The van der Waals surface area contributed by atoms with E-state index in [9.17, 15) is 14.0 Å². The first-order valence-electron chi connectivity index (χ1n) is 7.35. The molecular formula is C17H19FN2O3. The summed E-state index contributed by atoms with van der Waals surface area (Å²) < 4.78 is 14.9. The van der Waals surface area contributed by atoms with Gasteiger partial charge in [-0.25, -0.2) is 4.39 Å². The highest BCUT2D eigenvalue weighted by Gasteiger charge is 2.16. The lowest BCUT2D eigenvalue weighted by Crippen LogP contribution is -2.25. The Morgan fingerprint density at radius 2 is 1.87 bits per heavy atom. The van der Waals surface area contributed by atoms with Crippen molar-refractivity contribution in [3.8, 4) is 5.69 Å². The van der Waals surface area contributed by atoms with Crippen LogP contribution in [0, 0.1) is 19.7 Å². The lowest BCUT2D eigenvalue weighted by molar-refractivity contribution is -0.137. The molecule has 0 fully saturated rings. The third-order valence-corrected chi connectivity index (χ3v) is 3.61. The van der Waals surface area contributed by atoms with E-state index in [1.807, 2.05) is 18.4 Å². The molecule has 122 valence electrons. The molecule has 0 atom stereocenters. The molecule has 0 radical (unpaired) electrons. The fourth-order valence-electron chi connectivity index (χ4n) is 2.52. The van der Waals surface area contributed by atoms with Gasteiger partial charge < -0.3 is 15.0 Å². The van der Waals surface area contributed by atoms with Crippen LogP contribution in [0.25, 0.3) is 5.69 Å². The van der Waals surface area contributed by atoms with E-state index in [1.54, 1.807) is 18.2 Å². The second-order valence-electron chi connectivity index (χ2n) is 5.35. The minimum Gasteiger partial charge on any atom is -0.481 e. The second-order valence-corrected chi connectivity index (χ2v) is 5.35. The molecule has 0 saturated carbocycles. The normalized spacial score (nSPS) is 10.6. The van der Waals surface area contributed by atoms with Gasteiger partial charge in [-0.15, -0.1) is 0 Å². The van der Waals surface area contributed by atoms with E-state index in [-0.39, 0.29) is 18.1 Å². The van der Waals surface area contributed by atoms with Gasteiger partial charge in [0.25, 0.3) is 5.91 Å². The summed E-state index contributed by atoms with van der Waals surface area (Å²) >= 11 is 0. The van der Waals surface area contributed by atoms with E-state index in [0.717, 1.165) is 17.1 Å². The lowest BCUT2D eigenvalue weighted by atomic mass is 10.2. The van der Waals surface area contributed by atoms with Gasteiger partial charge in [0, 0.05) is 30.0 Å². The van der Waals surface area contributed by atoms with Crippen molar-refractivity contribution in [3.05, 3.63) is 53.1 Å². The minimum absolute atomic E-state index is 0.0227. The zero-order valence-corrected chi connectivity index (χ0v) is 13.1. The summed E-state index contributed by atoms with van der Waals surface area (Å²) in [4.78, 5) is 22.7. The number of hydrogen-bond acceptors (Lipinski definition) is 2. The molecule has 0 aliphatic rings. The van der Waals surface area contributed by atoms with Crippen LogP contribution >= 0.6 is 0 Å². The Balaban J connectivity index is 2.15. The molecule has 0 aliphatic heterocycles. The predicted octanol–water partition coefficient (Wildman–Crippen LogP) is 2.83. The Morgan fingerprint density at radius 3 is 2.48 bits per heavy atom. The number of hydrogen-bond donors (Lipinski definition) is 2. The molecule has 0 spiro atoms. The van der Waals surface area contributed by atoms with Crippen LogP contribution in [0.2, 0.25) is 0 Å². The lowest BCUT2D eigenvalue weighted by Gasteiger charge is -2.10. The van der Waals surface area contributed by atoms with Gasteiger partial charge in [0.1, 0.15) is 5.82 Å². The zero-order chi connectivity index (χ0) is 17.0. The Hall–Kier alpha value is -2.63. The van der Waals surface area contributed by atoms with E-state index in [4.69, 9.17) is 5.11 Å². The smallest absolute Gasteiger partial charge is 0.303 e. The van der Waals surface area contributed by atoms with E-state index >= 15 is 0 Å². The molecule has 1 heterocycles. The molecule has 6 heteroatoms. The maximum atomic E-state index is 13.1. The summed E-state index contributed by atoms with van der Waals surface area (Å²) in [5.41, 5.74) is 2.93. The highest BCUT2D eigenvalue weighted by Crippen LogP contribution is 2.21. The predicted molar refractivity (Wildman–Crippen MR) is 84.4 cm³/mol. The summed E-state index contributed by atoms with van der Waals surface area (Å²) in [5.74, 6) is -1.43. The number of carbonyl (C=O) groups excluding carboxylic acids is 1. The molecule has 2 N–H and O–H groups in total. The highest BCUT2D eigenvalue weighted by atomic mass is 19.1. The molecule has 0 unspecified atom stereocenters. The van der Waals surface area contributed by atoms with Gasteiger partial charge >= 0.3 is 5.97 Å². The average molecular weight is 318 g/mol. The molecule has 23 heavy (non-hydrogen) atoms. The van der Waals surface area contributed by atoms with E-state index in [0.29, 0.717) is 18.5 Å². The number of carboxylic acids is 1. The number of rotatable bonds is 6. The van der Waals surface area contributed by atoms with Crippen molar-refractivity contribution in [1.82, 2.24) is 9.88 Å². The number of benzene rings is 1. The molecule has 5 nitrogen and oxygen atoms in total. The standard InChI is InChI=1S/C17H19FN2O3/c1-11-10-15(17(23)19-9-3-4-16(21)22)12(2)20(11)14-7-5-13(18)6-8-14/h5-8,10H,3-4,9H2,1-2H3,(H,19,23)(H,21,22). The summed E-state index contributed by atoms with van der Waals surface area (Å²) in [6.45, 7) is 4.01. The van der Waals surface area contributed by atoms with Gasteiger partial charge in [-0.2, -0.15) is 0 Å². The van der Waals surface area contributed by atoms with Crippen molar-refractivity contribution in [2.45, 2.75) is 26.7 Å². The van der Waals surface area contributed by atoms with Gasteiger partial charge in [-0.1, -0.05) is 0 Å². The summed E-state index contributed by atoms with van der Waals surface area (Å²) in [6, 6.07) is 7.83. The van der Waals surface area contributed by atoms with Crippen molar-refractivity contribution >= 4 is 11.9 Å². The molecule has 0 aliphatic carbocycles. The SMILES string of the molecule is Cc1cc(C(=O)NCCCC(=O)O)c(C)n1-c1ccc(F)cc1. The van der Waals surface area contributed by atoms with Crippen molar-refractivity contribution in [3.63, 3.8) is 0 Å². The molecular weight excluding hydrogens is 299 g/mol. The molecule has 0 saturated heterocycles. The maximum Gasteiger partial charge on any atom is 0.303 e. The Labute approximate surface area is 133 Å². The number of carbonyl (C=O) groups is 2. The van der Waals surface area contributed by atoms with Gasteiger partial charge in [0.2, 0.25) is 0 Å². The van der Waals surface area contributed by atoms with E-state index in [1.165, 1.54) is 12.1 Å². The summed E-state index contributed by atoms with van der Waals surface area (Å²) in [7, 11) is 0. The first kappa shape index (κ1) is 16.7. The fourth-order valence-corrected chi connectivity index (χ4v) is 2.52. The van der Waals surface area contributed by atoms with Gasteiger partial charge in [0.15, 0.2) is 0 Å². The van der Waals surface area contributed by atoms with Crippen LogP contribution in [0.3, 0.4) is 0 Å². The van der Waals surface area contributed by atoms with Gasteiger partial charge in [-0.05, 0) is 50.6 Å². The molecule has 1 amide bonds. The fraction of sp³-hybridized carbons (Fsp3) is 0.294. The van der Waals surface area contributed by atoms with Gasteiger partial charge in [-0.3, -0.25) is 9.59 Å². The monoisotopic (exact) mass is 318 g/mol. The van der Waals surface area contributed by atoms with Crippen LogP contribution in [0.4, 0.5) is 4.39 Å². The number of aromatic nitrogens is 1.